The van der Waals surface area contributed by atoms with Crippen LogP contribution in [0.25, 0.3) is 0 Å². The second kappa shape index (κ2) is 21.5. The fraction of sp³-hybridized carbons (Fsp3) is 0.457. The molecule has 3 rings (SSSR count). The molecular formula is C35H47N5O5. The predicted octanol–water partition coefficient (Wildman–Crippen LogP) is 9.29. The van der Waals surface area contributed by atoms with Crippen LogP contribution in [-0.4, -0.2) is 59.7 Å². The number of carbonyl (C=O) groups excluding carboxylic acids is 1. The second-order valence-corrected chi connectivity index (χ2v) is 10.4. The molecule has 0 heterocycles. The Morgan fingerprint density at radius 3 is 1.47 bits per heavy atom. The lowest BCUT2D eigenvalue weighted by Crippen LogP contribution is -2.30. The van der Waals surface area contributed by atoms with Gasteiger partial charge in [0, 0.05) is 39.4 Å². The van der Waals surface area contributed by atoms with Crippen molar-refractivity contribution in [3.05, 3.63) is 72.8 Å². The van der Waals surface area contributed by atoms with E-state index in [1.165, 1.54) is 0 Å². The van der Waals surface area contributed by atoms with Gasteiger partial charge in [-0.05, 0) is 85.6 Å². The van der Waals surface area contributed by atoms with Gasteiger partial charge in [0.25, 0.3) is 0 Å². The monoisotopic (exact) mass is 617 g/mol. The molecule has 0 radical (unpaired) electrons. The molecule has 3 aromatic rings. The fourth-order valence-electron chi connectivity index (χ4n) is 4.32. The zero-order chi connectivity index (χ0) is 32.0. The van der Waals surface area contributed by atoms with E-state index in [4.69, 9.17) is 18.9 Å². The van der Waals surface area contributed by atoms with E-state index in [0.717, 1.165) is 85.8 Å². The molecule has 0 atom stereocenters. The number of ether oxygens (including phenoxy) is 4. The summed E-state index contributed by atoms with van der Waals surface area (Å²) in [4.78, 5) is 13.3. The number of benzene rings is 3. The van der Waals surface area contributed by atoms with Gasteiger partial charge < -0.3 is 23.8 Å². The molecule has 0 aromatic heterocycles. The number of methoxy groups -OCH3 is 2. The van der Waals surface area contributed by atoms with Gasteiger partial charge in [0.2, 0.25) is 0 Å². The Bertz CT molecular complexity index is 1270. The zero-order valence-electron chi connectivity index (χ0n) is 26.9. The molecule has 10 nitrogen and oxygen atoms in total. The van der Waals surface area contributed by atoms with Crippen molar-refractivity contribution in [1.82, 2.24) is 0 Å². The summed E-state index contributed by atoms with van der Waals surface area (Å²) in [5.74, 6) is 0.707. The summed E-state index contributed by atoms with van der Waals surface area (Å²) in [7, 11) is 3.41. The van der Waals surface area contributed by atoms with E-state index in [1.54, 1.807) is 14.2 Å². The first-order valence-electron chi connectivity index (χ1n) is 15.8. The molecule has 0 aliphatic carbocycles. The van der Waals surface area contributed by atoms with E-state index in [0.29, 0.717) is 32.8 Å². The van der Waals surface area contributed by atoms with E-state index in [-0.39, 0.29) is 5.97 Å². The Morgan fingerprint density at radius 2 is 1.00 bits per heavy atom. The van der Waals surface area contributed by atoms with Crippen molar-refractivity contribution >= 4 is 34.4 Å². The van der Waals surface area contributed by atoms with Gasteiger partial charge in [0.15, 0.2) is 0 Å². The van der Waals surface area contributed by atoms with Gasteiger partial charge in [-0.25, -0.2) is 0 Å². The molecule has 10 heteroatoms. The summed E-state index contributed by atoms with van der Waals surface area (Å²) >= 11 is 0. The van der Waals surface area contributed by atoms with Gasteiger partial charge in [-0.3, -0.25) is 4.79 Å². The third-order valence-electron chi connectivity index (χ3n) is 6.95. The summed E-state index contributed by atoms with van der Waals surface area (Å²) in [5.41, 5.74) is 4.07. The van der Waals surface area contributed by atoms with Crippen molar-refractivity contribution in [1.29, 1.82) is 0 Å². The standard InChI is InChI=1S/C35H47N5O5/c1-4-35(41)45-26-10-8-6-5-7-9-25-44-34-21-17-32(18-22-34)39-37-30-13-11-29(12-14-30)36-38-31-15-19-33(20-16-31)40(23-27-42-2)24-28-43-3/h11-22H,4-10,23-28H2,1-3H3. The molecule has 3 aromatic carbocycles. The van der Waals surface area contributed by atoms with Crippen LogP contribution in [0, 0.1) is 0 Å². The molecule has 0 saturated carbocycles. The molecule has 0 spiro atoms. The molecule has 45 heavy (non-hydrogen) atoms. The number of rotatable bonds is 22. The van der Waals surface area contributed by atoms with E-state index < -0.39 is 0 Å². The van der Waals surface area contributed by atoms with Gasteiger partial charge in [0.1, 0.15) is 5.75 Å². The number of azo groups is 2. The maximum absolute atomic E-state index is 11.1. The first-order chi connectivity index (χ1) is 22.1. The Kier molecular flexibility index (Phi) is 16.9. The lowest BCUT2D eigenvalue weighted by Gasteiger charge is -2.24. The highest BCUT2D eigenvalue weighted by Gasteiger charge is 2.06. The summed E-state index contributed by atoms with van der Waals surface area (Å²) in [6.45, 7) is 5.90. The van der Waals surface area contributed by atoms with Gasteiger partial charge in [-0.2, -0.15) is 20.5 Å². The van der Waals surface area contributed by atoms with Crippen LogP contribution in [-0.2, 0) is 19.0 Å². The SMILES string of the molecule is CCC(=O)OCCCCCCCCOc1ccc(N=Nc2ccc(N=Nc3ccc(N(CCOC)CCOC)cc3)cc2)cc1. The molecule has 0 aliphatic heterocycles. The average Bonchev–Trinajstić information content (AvgIpc) is 3.08. The van der Waals surface area contributed by atoms with Gasteiger partial charge in [0.05, 0.1) is 49.2 Å². The summed E-state index contributed by atoms with van der Waals surface area (Å²) in [6.07, 6.45) is 6.91. The van der Waals surface area contributed by atoms with Gasteiger partial charge in [-0.1, -0.05) is 32.6 Å². The molecule has 0 bridgehead atoms. The maximum Gasteiger partial charge on any atom is 0.305 e. The third kappa shape index (κ3) is 14.5. The second-order valence-electron chi connectivity index (χ2n) is 10.4. The zero-order valence-corrected chi connectivity index (χ0v) is 26.9. The number of esters is 1. The van der Waals surface area contributed by atoms with Crippen LogP contribution in [0.4, 0.5) is 28.4 Å². The number of nitrogens with zero attached hydrogens (tertiary/aromatic N) is 5. The minimum atomic E-state index is -0.118. The number of anilines is 1. The summed E-state index contributed by atoms with van der Waals surface area (Å²) < 4.78 is 21.4. The molecule has 0 amide bonds. The Hall–Kier alpha value is -4.15. The molecule has 0 aliphatic rings. The van der Waals surface area contributed by atoms with Crippen molar-refractivity contribution in [2.24, 2.45) is 20.5 Å². The highest BCUT2D eigenvalue weighted by Crippen LogP contribution is 2.26. The number of hydrogen-bond acceptors (Lipinski definition) is 10. The molecule has 0 N–H and O–H groups in total. The quantitative estimate of drug-likeness (QED) is 0.0632. The topological polar surface area (TPSA) is 107 Å². The predicted molar refractivity (Wildman–Crippen MR) is 178 cm³/mol. The molecule has 0 unspecified atom stereocenters. The summed E-state index contributed by atoms with van der Waals surface area (Å²) in [6, 6.07) is 23.0. The molecular weight excluding hydrogens is 570 g/mol. The van der Waals surface area contributed by atoms with Crippen LogP contribution in [0.1, 0.15) is 51.9 Å². The largest absolute Gasteiger partial charge is 0.494 e. The lowest BCUT2D eigenvalue weighted by molar-refractivity contribution is -0.143. The van der Waals surface area contributed by atoms with Crippen LogP contribution < -0.4 is 9.64 Å². The fourth-order valence-corrected chi connectivity index (χ4v) is 4.32. The van der Waals surface area contributed by atoms with Gasteiger partial charge >= 0.3 is 5.97 Å². The molecule has 242 valence electrons. The van der Waals surface area contributed by atoms with Crippen molar-refractivity contribution in [2.45, 2.75) is 51.9 Å². The minimum absolute atomic E-state index is 0.118. The van der Waals surface area contributed by atoms with Crippen LogP contribution >= 0.6 is 0 Å². The Morgan fingerprint density at radius 1 is 0.578 bits per heavy atom. The van der Waals surface area contributed by atoms with Crippen LogP contribution in [0.2, 0.25) is 0 Å². The maximum atomic E-state index is 11.1. The normalized spacial score (nSPS) is 11.4. The van der Waals surface area contributed by atoms with E-state index in [9.17, 15) is 4.79 Å². The third-order valence-corrected chi connectivity index (χ3v) is 6.95. The average molecular weight is 618 g/mol. The van der Waals surface area contributed by atoms with Crippen molar-refractivity contribution in [3.8, 4) is 5.75 Å². The highest BCUT2D eigenvalue weighted by atomic mass is 16.5. The van der Waals surface area contributed by atoms with Crippen LogP contribution in [0.5, 0.6) is 5.75 Å². The Balaban J connectivity index is 1.36. The molecule has 0 saturated heterocycles. The van der Waals surface area contributed by atoms with Crippen molar-refractivity contribution < 1.29 is 23.7 Å². The van der Waals surface area contributed by atoms with Crippen molar-refractivity contribution in [2.75, 3.05) is 58.6 Å². The van der Waals surface area contributed by atoms with Crippen molar-refractivity contribution in [3.63, 3.8) is 0 Å². The smallest absolute Gasteiger partial charge is 0.305 e. The number of unbranched alkanes of at least 4 members (excludes halogenated alkanes) is 5. The lowest BCUT2D eigenvalue weighted by atomic mass is 10.1. The number of hydrogen-bond donors (Lipinski definition) is 0. The first-order valence-corrected chi connectivity index (χ1v) is 15.8. The number of carbonyl (C=O) groups is 1. The van der Waals surface area contributed by atoms with Gasteiger partial charge in [-0.15, -0.1) is 0 Å². The van der Waals surface area contributed by atoms with E-state index in [2.05, 4.69) is 25.4 Å². The van der Waals surface area contributed by atoms with Crippen LogP contribution in [0.15, 0.2) is 93.3 Å². The minimum Gasteiger partial charge on any atom is -0.494 e. The first kappa shape index (κ1) is 35.3. The van der Waals surface area contributed by atoms with E-state index in [1.807, 2.05) is 79.7 Å². The summed E-state index contributed by atoms with van der Waals surface area (Å²) in [5, 5.41) is 17.4. The van der Waals surface area contributed by atoms with E-state index >= 15 is 0 Å². The Labute approximate surface area is 267 Å². The van der Waals surface area contributed by atoms with Crippen LogP contribution in [0.3, 0.4) is 0 Å². The highest BCUT2D eigenvalue weighted by molar-refractivity contribution is 5.68. The molecule has 0 fully saturated rings.